The van der Waals surface area contributed by atoms with Gasteiger partial charge < -0.3 is 10.3 Å². The second-order valence-electron chi connectivity index (χ2n) is 7.56. The topological polar surface area (TPSA) is 82.3 Å². The molecule has 0 unspecified atom stereocenters. The molecule has 3 aromatic rings. The van der Waals surface area contributed by atoms with Gasteiger partial charge in [-0.25, -0.2) is 12.8 Å². The normalized spacial score (nSPS) is 17.8. The predicted molar refractivity (Wildman–Crippen MR) is 113 cm³/mol. The van der Waals surface area contributed by atoms with Crippen LogP contribution >= 0.6 is 0 Å². The highest BCUT2D eigenvalue weighted by Gasteiger charge is 2.33. The summed E-state index contributed by atoms with van der Waals surface area (Å²) in [4.78, 5) is 15.9. The van der Waals surface area contributed by atoms with Crippen LogP contribution in [0, 0.1) is 11.7 Å². The van der Waals surface area contributed by atoms with Crippen LogP contribution in [0.15, 0.2) is 59.6 Å². The third-order valence-corrected chi connectivity index (χ3v) is 7.45. The largest absolute Gasteiger partial charge is 0.361 e. The molecule has 2 heterocycles. The second kappa shape index (κ2) is 8.57. The molecule has 1 saturated heterocycles. The number of nitrogens with one attached hydrogen (secondary N) is 2. The van der Waals surface area contributed by atoms with Crippen molar-refractivity contribution >= 4 is 26.8 Å². The van der Waals surface area contributed by atoms with Crippen LogP contribution in [0.3, 0.4) is 0 Å². The number of carbonyl (C=O) groups excluding carboxylic acids is 1. The fourth-order valence-corrected chi connectivity index (χ4v) is 5.46. The SMILES string of the molecule is O=C(NCCc1c[nH]c2ccccc12)[C@H]1CCCN(S(=O)(=O)c2ccc(F)cc2)C1. The highest BCUT2D eigenvalue weighted by Crippen LogP contribution is 2.24. The standard InChI is InChI=1S/C22H24FN3O3S/c23-18-7-9-19(10-8-18)30(28,29)26-13-3-4-17(15-26)22(27)24-12-11-16-14-25-21-6-2-1-5-20(16)21/h1-2,5-10,14,17,25H,3-4,11-13,15H2,(H,24,27)/t17-/m0/s1. The summed E-state index contributed by atoms with van der Waals surface area (Å²) < 4.78 is 40.1. The number of aromatic amines is 1. The van der Waals surface area contributed by atoms with Crippen LogP contribution in [-0.4, -0.2) is 43.2 Å². The molecule has 1 aliphatic heterocycles. The molecule has 1 amide bonds. The summed E-state index contributed by atoms with van der Waals surface area (Å²) >= 11 is 0. The van der Waals surface area contributed by atoms with Crippen LogP contribution in [0.4, 0.5) is 4.39 Å². The molecular weight excluding hydrogens is 405 g/mol. The molecule has 2 N–H and O–H groups in total. The fourth-order valence-electron chi connectivity index (χ4n) is 3.93. The Labute approximate surface area is 175 Å². The number of aromatic nitrogens is 1. The zero-order valence-corrected chi connectivity index (χ0v) is 17.3. The summed E-state index contributed by atoms with van der Waals surface area (Å²) in [6.45, 7) is 0.985. The number of hydrogen-bond acceptors (Lipinski definition) is 3. The molecule has 0 spiro atoms. The van der Waals surface area contributed by atoms with Crippen molar-refractivity contribution in [3.05, 3.63) is 66.1 Å². The summed E-state index contributed by atoms with van der Waals surface area (Å²) in [7, 11) is -3.74. The maximum Gasteiger partial charge on any atom is 0.243 e. The lowest BCUT2D eigenvalue weighted by atomic mass is 9.99. The van der Waals surface area contributed by atoms with Crippen molar-refractivity contribution in [1.29, 1.82) is 0 Å². The van der Waals surface area contributed by atoms with Gasteiger partial charge in [-0.3, -0.25) is 4.79 Å². The maximum absolute atomic E-state index is 13.1. The smallest absolute Gasteiger partial charge is 0.243 e. The lowest BCUT2D eigenvalue weighted by Gasteiger charge is -2.31. The van der Waals surface area contributed by atoms with Gasteiger partial charge in [0.1, 0.15) is 5.82 Å². The van der Waals surface area contributed by atoms with Crippen molar-refractivity contribution in [1.82, 2.24) is 14.6 Å². The molecule has 1 fully saturated rings. The molecule has 8 heteroatoms. The minimum Gasteiger partial charge on any atom is -0.361 e. The first-order valence-electron chi connectivity index (χ1n) is 10.0. The Morgan fingerprint density at radius 1 is 1.17 bits per heavy atom. The minimum atomic E-state index is -3.74. The number of amides is 1. The van der Waals surface area contributed by atoms with E-state index in [2.05, 4.69) is 10.3 Å². The number of benzene rings is 2. The van der Waals surface area contributed by atoms with Crippen LogP contribution in [-0.2, 0) is 21.2 Å². The first kappa shape index (κ1) is 20.6. The Bertz CT molecular complexity index is 1140. The van der Waals surface area contributed by atoms with Gasteiger partial charge in [0.2, 0.25) is 15.9 Å². The summed E-state index contributed by atoms with van der Waals surface area (Å²) in [5, 5.41) is 4.09. The molecule has 4 rings (SSSR count). The summed E-state index contributed by atoms with van der Waals surface area (Å²) in [6.07, 6.45) is 3.91. The van der Waals surface area contributed by atoms with Crippen LogP contribution in [0.1, 0.15) is 18.4 Å². The average Bonchev–Trinajstić information content (AvgIpc) is 3.17. The molecule has 0 saturated carbocycles. The quantitative estimate of drug-likeness (QED) is 0.632. The molecule has 6 nitrogen and oxygen atoms in total. The van der Waals surface area contributed by atoms with Crippen molar-refractivity contribution in [3.8, 4) is 0 Å². The van der Waals surface area contributed by atoms with E-state index >= 15 is 0 Å². The van der Waals surface area contributed by atoms with Gasteiger partial charge in [-0.15, -0.1) is 0 Å². The molecule has 1 atom stereocenters. The highest BCUT2D eigenvalue weighted by molar-refractivity contribution is 7.89. The van der Waals surface area contributed by atoms with E-state index in [-0.39, 0.29) is 17.3 Å². The van der Waals surface area contributed by atoms with E-state index in [0.717, 1.165) is 28.6 Å². The van der Waals surface area contributed by atoms with Gasteiger partial charge in [0.25, 0.3) is 0 Å². The lowest BCUT2D eigenvalue weighted by molar-refractivity contribution is -0.126. The van der Waals surface area contributed by atoms with E-state index in [0.29, 0.717) is 32.4 Å². The van der Waals surface area contributed by atoms with Crippen LogP contribution in [0.5, 0.6) is 0 Å². The van der Waals surface area contributed by atoms with Crippen molar-refractivity contribution in [2.45, 2.75) is 24.2 Å². The Morgan fingerprint density at radius 2 is 1.93 bits per heavy atom. The molecular formula is C22H24FN3O3S. The first-order chi connectivity index (χ1) is 14.4. The van der Waals surface area contributed by atoms with Crippen LogP contribution in [0.2, 0.25) is 0 Å². The number of nitrogens with zero attached hydrogens (tertiary/aromatic N) is 1. The van der Waals surface area contributed by atoms with E-state index in [1.807, 2.05) is 30.5 Å². The number of fused-ring (bicyclic) bond motifs is 1. The number of piperidine rings is 1. The number of carbonyl (C=O) groups is 1. The van der Waals surface area contributed by atoms with E-state index in [1.165, 1.54) is 16.4 Å². The van der Waals surface area contributed by atoms with Gasteiger partial charge in [0.15, 0.2) is 0 Å². The van der Waals surface area contributed by atoms with Gasteiger partial charge in [0.05, 0.1) is 10.8 Å². The number of hydrogen-bond donors (Lipinski definition) is 2. The van der Waals surface area contributed by atoms with Gasteiger partial charge in [-0.2, -0.15) is 4.31 Å². The Hall–Kier alpha value is -2.71. The van der Waals surface area contributed by atoms with Crippen molar-refractivity contribution in [2.24, 2.45) is 5.92 Å². The third kappa shape index (κ3) is 4.24. The second-order valence-corrected chi connectivity index (χ2v) is 9.49. The highest BCUT2D eigenvalue weighted by atomic mass is 32.2. The average molecular weight is 430 g/mol. The Morgan fingerprint density at radius 3 is 2.73 bits per heavy atom. The molecule has 30 heavy (non-hydrogen) atoms. The van der Waals surface area contributed by atoms with Crippen LogP contribution in [0.25, 0.3) is 10.9 Å². The predicted octanol–water partition coefficient (Wildman–Crippen LogP) is 3.07. The zero-order valence-electron chi connectivity index (χ0n) is 16.5. The van der Waals surface area contributed by atoms with Crippen molar-refractivity contribution < 1.29 is 17.6 Å². The molecule has 0 radical (unpaired) electrons. The molecule has 0 bridgehead atoms. The molecule has 158 valence electrons. The number of H-pyrrole nitrogens is 1. The van der Waals surface area contributed by atoms with Gasteiger partial charge in [-0.05, 0) is 55.2 Å². The third-order valence-electron chi connectivity index (χ3n) is 5.57. The summed E-state index contributed by atoms with van der Waals surface area (Å²) in [5.41, 5.74) is 2.20. The number of sulfonamides is 1. The zero-order chi connectivity index (χ0) is 21.1. The fraction of sp³-hybridized carbons (Fsp3) is 0.318. The Kier molecular flexibility index (Phi) is 5.87. The van der Waals surface area contributed by atoms with E-state index in [9.17, 15) is 17.6 Å². The van der Waals surface area contributed by atoms with Gasteiger partial charge in [0, 0.05) is 36.7 Å². The Balaban J connectivity index is 1.36. The molecule has 1 aromatic heterocycles. The van der Waals surface area contributed by atoms with Crippen molar-refractivity contribution in [2.75, 3.05) is 19.6 Å². The first-order valence-corrected chi connectivity index (χ1v) is 11.5. The maximum atomic E-state index is 13.1. The van der Waals surface area contributed by atoms with Crippen molar-refractivity contribution in [3.63, 3.8) is 0 Å². The molecule has 1 aliphatic rings. The monoisotopic (exact) mass is 429 g/mol. The van der Waals surface area contributed by atoms with E-state index in [1.54, 1.807) is 0 Å². The minimum absolute atomic E-state index is 0.0456. The van der Waals surface area contributed by atoms with E-state index < -0.39 is 21.8 Å². The molecule has 2 aromatic carbocycles. The van der Waals surface area contributed by atoms with Crippen LogP contribution < -0.4 is 5.32 Å². The van der Waals surface area contributed by atoms with E-state index in [4.69, 9.17) is 0 Å². The summed E-state index contributed by atoms with van der Waals surface area (Å²) in [5.74, 6) is -1.01. The number of halogens is 1. The number of para-hydroxylation sites is 1. The van der Waals surface area contributed by atoms with Gasteiger partial charge >= 0.3 is 0 Å². The number of rotatable bonds is 6. The summed E-state index contributed by atoms with van der Waals surface area (Å²) in [6, 6.07) is 12.8. The van der Waals surface area contributed by atoms with Gasteiger partial charge in [-0.1, -0.05) is 18.2 Å². The lowest BCUT2D eigenvalue weighted by Crippen LogP contribution is -2.45. The molecule has 0 aliphatic carbocycles.